The molecule has 24 heavy (non-hydrogen) atoms. The number of carbonyl (C=O) groups is 1. The summed E-state index contributed by atoms with van der Waals surface area (Å²) in [5, 5.41) is 8.27. The van der Waals surface area contributed by atoms with E-state index in [2.05, 4.69) is 17.2 Å². The molecule has 5 nitrogen and oxygen atoms in total. The molecule has 2 rings (SSSR count). The molecule has 0 amide bonds. The highest BCUT2D eigenvalue weighted by Crippen LogP contribution is 2.25. The van der Waals surface area contributed by atoms with Gasteiger partial charge in [0.15, 0.2) is 0 Å². The van der Waals surface area contributed by atoms with Crippen molar-refractivity contribution in [3.8, 4) is 0 Å². The van der Waals surface area contributed by atoms with E-state index in [1.54, 1.807) is 0 Å². The topological polar surface area (TPSA) is 57.0 Å². The fourth-order valence-corrected chi connectivity index (χ4v) is 2.52. The van der Waals surface area contributed by atoms with Crippen LogP contribution in [-0.4, -0.2) is 21.0 Å². The maximum absolute atomic E-state index is 12.3. The van der Waals surface area contributed by atoms with Gasteiger partial charge >= 0.3 is 5.97 Å². The number of hydrogen-bond donors (Lipinski definition) is 0. The van der Waals surface area contributed by atoms with Gasteiger partial charge in [-0.3, -0.25) is 9.48 Å². The normalized spacial score (nSPS) is 11.5. The van der Waals surface area contributed by atoms with Crippen molar-refractivity contribution >= 4 is 5.97 Å². The van der Waals surface area contributed by atoms with Crippen LogP contribution in [0.2, 0.25) is 0 Å². The van der Waals surface area contributed by atoms with Gasteiger partial charge in [-0.2, -0.15) is 0 Å². The molecule has 0 bridgehead atoms. The van der Waals surface area contributed by atoms with Crippen LogP contribution >= 0.6 is 0 Å². The Bertz CT molecular complexity index is 635. The Labute approximate surface area is 144 Å². The monoisotopic (exact) mass is 329 g/mol. The van der Waals surface area contributed by atoms with Crippen molar-refractivity contribution in [2.45, 2.75) is 59.6 Å². The standard InChI is InChI=1S/C19H27N3O2/c1-4-13-22-14-17(20-21-22)11-8-12-19(2,3)18(23)24-15-16-9-6-5-7-10-16/h5-7,9-10,14H,4,8,11-13,15H2,1-3H3. The van der Waals surface area contributed by atoms with Crippen LogP contribution in [0.25, 0.3) is 0 Å². The van der Waals surface area contributed by atoms with Crippen LogP contribution in [0.5, 0.6) is 0 Å². The average Bonchev–Trinajstić information content (AvgIpc) is 3.01. The van der Waals surface area contributed by atoms with E-state index < -0.39 is 5.41 Å². The van der Waals surface area contributed by atoms with Crippen molar-refractivity contribution in [3.63, 3.8) is 0 Å². The molecule has 0 aliphatic heterocycles. The van der Waals surface area contributed by atoms with Crippen molar-refractivity contribution in [1.82, 2.24) is 15.0 Å². The van der Waals surface area contributed by atoms with Gasteiger partial charge in [-0.15, -0.1) is 5.10 Å². The number of benzene rings is 1. The fourth-order valence-electron chi connectivity index (χ4n) is 2.52. The summed E-state index contributed by atoms with van der Waals surface area (Å²) < 4.78 is 7.33. The Kier molecular flexibility index (Phi) is 6.53. The zero-order valence-corrected chi connectivity index (χ0v) is 14.9. The maximum Gasteiger partial charge on any atom is 0.311 e. The fraction of sp³-hybridized carbons (Fsp3) is 0.526. The van der Waals surface area contributed by atoms with Gasteiger partial charge in [0.05, 0.1) is 11.1 Å². The SMILES string of the molecule is CCCn1cc(CCCC(C)(C)C(=O)OCc2ccccc2)nn1. The molecule has 0 aliphatic rings. The molecule has 2 aromatic rings. The molecule has 1 aromatic heterocycles. The number of nitrogens with zero attached hydrogens (tertiary/aromatic N) is 3. The van der Waals surface area contributed by atoms with Gasteiger partial charge in [-0.25, -0.2) is 0 Å². The molecule has 0 saturated heterocycles. The van der Waals surface area contributed by atoms with Crippen LogP contribution < -0.4 is 0 Å². The molecule has 0 radical (unpaired) electrons. The summed E-state index contributed by atoms with van der Waals surface area (Å²) in [5.41, 5.74) is 1.50. The third-order valence-corrected chi connectivity index (χ3v) is 4.04. The summed E-state index contributed by atoms with van der Waals surface area (Å²) in [4.78, 5) is 12.3. The number of ether oxygens (including phenoxy) is 1. The van der Waals surface area contributed by atoms with Crippen molar-refractivity contribution in [2.24, 2.45) is 5.41 Å². The lowest BCUT2D eigenvalue weighted by Crippen LogP contribution is -2.26. The van der Waals surface area contributed by atoms with Gasteiger partial charge in [-0.05, 0) is 45.1 Å². The van der Waals surface area contributed by atoms with Crippen LogP contribution in [0.4, 0.5) is 0 Å². The van der Waals surface area contributed by atoms with Gasteiger partial charge in [0, 0.05) is 12.7 Å². The predicted octanol–water partition coefficient (Wildman–Crippen LogP) is 3.78. The predicted molar refractivity (Wildman–Crippen MR) is 93.3 cm³/mol. The number of aryl methyl sites for hydroxylation is 2. The summed E-state index contributed by atoms with van der Waals surface area (Å²) in [5.74, 6) is -0.152. The van der Waals surface area contributed by atoms with Crippen LogP contribution in [0.3, 0.4) is 0 Å². The van der Waals surface area contributed by atoms with E-state index in [9.17, 15) is 4.79 Å². The number of carbonyl (C=O) groups excluding carboxylic acids is 1. The lowest BCUT2D eigenvalue weighted by atomic mass is 9.87. The second-order valence-electron chi connectivity index (χ2n) is 6.77. The van der Waals surface area contributed by atoms with Crippen molar-refractivity contribution in [3.05, 3.63) is 47.8 Å². The van der Waals surface area contributed by atoms with E-state index in [0.717, 1.165) is 43.5 Å². The van der Waals surface area contributed by atoms with E-state index in [-0.39, 0.29) is 5.97 Å². The number of aromatic nitrogens is 3. The lowest BCUT2D eigenvalue weighted by Gasteiger charge is -2.22. The molecule has 0 aliphatic carbocycles. The zero-order chi connectivity index (χ0) is 17.4. The second-order valence-corrected chi connectivity index (χ2v) is 6.77. The van der Waals surface area contributed by atoms with E-state index in [4.69, 9.17) is 4.74 Å². The first kappa shape index (κ1) is 18.2. The number of rotatable bonds is 9. The first-order chi connectivity index (χ1) is 11.5. The minimum Gasteiger partial charge on any atom is -0.460 e. The van der Waals surface area contributed by atoms with Gasteiger partial charge in [0.25, 0.3) is 0 Å². The quantitative estimate of drug-likeness (QED) is 0.657. The van der Waals surface area contributed by atoms with Crippen LogP contribution in [0.1, 0.15) is 51.3 Å². The zero-order valence-electron chi connectivity index (χ0n) is 14.9. The smallest absolute Gasteiger partial charge is 0.311 e. The molecule has 0 atom stereocenters. The minimum absolute atomic E-state index is 0.152. The van der Waals surface area contributed by atoms with Gasteiger partial charge in [0.1, 0.15) is 6.61 Å². The lowest BCUT2D eigenvalue weighted by molar-refractivity contribution is -0.155. The van der Waals surface area contributed by atoms with Gasteiger partial charge in [-0.1, -0.05) is 42.5 Å². The maximum atomic E-state index is 12.3. The summed E-state index contributed by atoms with van der Waals surface area (Å²) in [6.45, 7) is 7.21. The third-order valence-electron chi connectivity index (χ3n) is 4.04. The Hall–Kier alpha value is -2.17. The van der Waals surface area contributed by atoms with E-state index in [0.29, 0.717) is 6.61 Å². The largest absolute Gasteiger partial charge is 0.460 e. The molecule has 5 heteroatoms. The van der Waals surface area contributed by atoms with E-state index in [1.165, 1.54) is 0 Å². The molecule has 0 spiro atoms. The molecule has 1 heterocycles. The minimum atomic E-state index is -0.492. The Morgan fingerprint density at radius 1 is 1.25 bits per heavy atom. The number of esters is 1. The summed E-state index contributed by atoms with van der Waals surface area (Å²) >= 11 is 0. The number of hydrogen-bond acceptors (Lipinski definition) is 4. The molecule has 1 aromatic carbocycles. The van der Waals surface area contributed by atoms with Gasteiger partial charge < -0.3 is 4.74 Å². The molecule has 0 saturated carbocycles. The highest BCUT2D eigenvalue weighted by molar-refractivity contribution is 5.75. The van der Waals surface area contributed by atoms with Crippen LogP contribution in [0.15, 0.2) is 36.5 Å². The summed E-state index contributed by atoms with van der Waals surface area (Å²) in [6, 6.07) is 9.76. The first-order valence-electron chi connectivity index (χ1n) is 8.61. The average molecular weight is 329 g/mol. The molecular weight excluding hydrogens is 302 g/mol. The first-order valence-corrected chi connectivity index (χ1v) is 8.61. The summed E-state index contributed by atoms with van der Waals surface area (Å²) in [7, 11) is 0. The highest BCUT2D eigenvalue weighted by Gasteiger charge is 2.28. The van der Waals surface area contributed by atoms with E-state index >= 15 is 0 Å². The Morgan fingerprint density at radius 2 is 2.00 bits per heavy atom. The van der Waals surface area contributed by atoms with E-state index in [1.807, 2.05) is 55.1 Å². The van der Waals surface area contributed by atoms with Crippen molar-refractivity contribution < 1.29 is 9.53 Å². The molecule has 130 valence electrons. The molecule has 0 unspecified atom stereocenters. The van der Waals surface area contributed by atoms with Gasteiger partial charge in [0.2, 0.25) is 0 Å². The van der Waals surface area contributed by atoms with Crippen molar-refractivity contribution in [2.75, 3.05) is 0 Å². The van der Waals surface area contributed by atoms with Crippen molar-refractivity contribution in [1.29, 1.82) is 0 Å². The molecule has 0 N–H and O–H groups in total. The summed E-state index contributed by atoms with van der Waals surface area (Å²) in [6.07, 6.45) is 5.52. The molecule has 0 fully saturated rings. The molecular formula is C19H27N3O2. The third kappa shape index (κ3) is 5.48. The second kappa shape index (κ2) is 8.62. The van der Waals surface area contributed by atoms with Crippen LogP contribution in [0, 0.1) is 5.41 Å². The highest BCUT2D eigenvalue weighted by atomic mass is 16.5. The van der Waals surface area contributed by atoms with Crippen LogP contribution in [-0.2, 0) is 29.1 Å². The Morgan fingerprint density at radius 3 is 2.71 bits per heavy atom. The Balaban J connectivity index is 1.76.